The Morgan fingerprint density at radius 2 is 2.14 bits per heavy atom. The maximum absolute atomic E-state index is 12.2. The van der Waals surface area contributed by atoms with Crippen LogP contribution in [0, 0.1) is 0 Å². The average molecular weight is 311 g/mol. The average Bonchev–Trinajstić information content (AvgIpc) is 3.19. The summed E-state index contributed by atoms with van der Waals surface area (Å²) in [5.41, 5.74) is 5.83. The number of amides is 1. The number of rotatable bonds is 7. The van der Waals surface area contributed by atoms with Crippen molar-refractivity contribution in [3.63, 3.8) is 0 Å². The molecule has 1 aliphatic rings. The van der Waals surface area contributed by atoms with Gasteiger partial charge in [-0.25, -0.2) is 4.98 Å². The molecule has 0 radical (unpaired) electrons. The van der Waals surface area contributed by atoms with E-state index in [2.05, 4.69) is 34.5 Å². The van der Waals surface area contributed by atoms with Gasteiger partial charge in [-0.05, 0) is 40.7 Å². The van der Waals surface area contributed by atoms with Crippen LogP contribution in [-0.4, -0.2) is 47.5 Å². The predicted molar refractivity (Wildman–Crippen MR) is 87.9 cm³/mol. The van der Waals surface area contributed by atoms with E-state index in [1.807, 2.05) is 13.8 Å². The molecule has 4 N–H and O–H groups in total. The fourth-order valence-corrected chi connectivity index (χ4v) is 3.06. The summed E-state index contributed by atoms with van der Waals surface area (Å²) in [6, 6.07) is 1.27. The van der Waals surface area contributed by atoms with Crippen molar-refractivity contribution in [2.24, 2.45) is 0 Å². The summed E-state index contributed by atoms with van der Waals surface area (Å²) >= 11 is 1.30. The van der Waals surface area contributed by atoms with Crippen LogP contribution in [-0.2, 0) is 0 Å². The Bertz CT molecular complexity index is 498. The molecule has 0 aliphatic heterocycles. The lowest BCUT2D eigenvalue weighted by Gasteiger charge is -2.24. The fourth-order valence-electron chi connectivity index (χ4n) is 2.11. The van der Waals surface area contributed by atoms with Gasteiger partial charge in [0.05, 0.1) is 0 Å². The van der Waals surface area contributed by atoms with Gasteiger partial charge in [-0.3, -0.25) is 9.69 Å². The first-order valence-corrected chi connectivity index (χ1v) is 8.23. The number of nitrogens with one attached hydrogen (secondary N) is 2. The summed E-state index contributed by atoms with van der Waals surface area (Å²) in [6.07, 6.45) is 2.53. The molecule has 6 nitrogen and oxygen atoms in total. The molecule has 1 aromatic rings. The third kappa shape index (κ3) is 4.31. The van der Waals surface area contributed by atoms with Crippen molar-refractivity contribution in [3.8, 4) is 0 Å². The van der Waals surface area contributed by atoms with Gasteiger partial charge in [0.2, 0.25) is 0 Å². The van der Waals surface area contributed by atoms with Crippen molar-refractivity contribution >= 4 is 28.2 Å². The fraction of sp³-hybridized carbons (Fsp3) is 0.714. The SMILES string of the molecule is CC(C)Nc1nc(N)c(C(=O)NCC(C)N(C)C2CC2)s1. The van der Waals surface area contributed by atoms with E-state index < -0.39 is 0 Å². The van der Waals surface area contributed by atoms with E-state index in [0.29, 0.717) is 34.5 Å². The van der Waals surface area contributed by atoms with E-state index >= 15 is 0 Å². The number of nitrogens with two attached hydrogens (primary N) is 1. The van der Waals surface area contributed by atoms with Gasteiger partial charge in [0.1, 0.15) is 10.7 Å². The number of hydrogen-bond donors (Lipinski definition) is 3. The highest BCUT2D eigenvalue weighted by Gasteiger charge is 2.29. The lowest BCUT2D eigenvalue weighted by molar-refractivity contribution is 0.0944. The van der Waals surface area contributed by atoms with Crippen LogP contribution in [0.5, 0.6) is 0 Å². The lowest BCUT2D eigenvalue weighted by Crippen LogP contribution is -2.41. The topological polar surface area (TPSA) is 83.3 Å². The molecule has 1 unspecified atom stereocenters. The zero-order chi connectivity index (χ0) is 15.6. The van der Waals surface area contributed by atoms with Crippen LogP contribution >= 0.6 is 11.3 Å². The summed E-state index contributed by atoms with van der Waals surface area (Å²) < 4.78 is 0. The van der Waals surface area contributed by atoms with Crippen LogP contribution in [0.4, 0.5) is 10.9 Å². The Morgan fingerprint density at radius 1 is 1.48 bits per heavy atom. The van der Waals surface area contributed by atoms with E-state index in [1.165, 1.54) is 24.2 Å². The summed E-state index contributed by atoms with van der Waals surface area (Å²) in [5.74, 6) is 0.154. The van der Waals surface area contributed by atoms with E-state index in [-0.39, 0.29) is 11.9 Å². The third-order valence-corrected chi connectivity index (χ3v) is 4.65. The van der Waals surface area contributed by atoms with Crippen molar-refractivity contribution < 1.29 is 4.79 Å². The number of thiazole rings is 1. The van der Waals surface area contributed by atoms with E-state index in [0.717, 1.165) is 0 Å². The van der Waals surface area contributed by atoms with Crippen molar-refractivity contribution in [3.05, 3.63) is 4.88 Å². The Balaban J connectivity index is 1.89. The smallest absolute Gasteiger partial charge is 0.265 e. The highest BCUT2D eigenvalue weighted by Crippen LogP contribution is 2.27. The quantitative estimate of drug-likeness (QED) is 0.714. The first-order chi connectivity index (χ1) is 9.88. The molecule has 1 saturated carbocycles. The molecule has 21 heavy (non-hydrogen) atoms. The first kappa shape index (κ1) is 16.0. The molecule has 1 heterocycles. The number of nitrogen functional groups attached to an aromatic ring is 1. The summed E-state index contributed by atoms with van der Waals surface area (Å²) in [6.45, 7) is 6.79. The molecule has 0 aromatic carbocycles. The van der Waals surface area contributed by atoms with Gasteiger partial charge in [0.15, 0.2) is 5.13 Å². The van der Waals surface area contributed by atoms with Crippen molar-refractivity contribution in [2.75, 3.05) is 24.6 Å². The molecule has 1 amide bonds. The lowest BCUT2D eigenvalue weighted by atomic mass is 10.3. The van der Waals surface area contributed by atoms with Gasteiger partial charge in [-0.15, -0.1) is 0 Å². The highest BCUT2D eigenvalue weighted by molar-refractivity contribution is 7.18. The molecular formula is C14H25N5OS. The zero-order valence-electron chi connectivity index (χ0n) is 13.1. The molecule has 0 saturated heterocycles. The Kier molecular flexibility index (Phi) is 5.05. The molecular weight excluding hydrogens is 286 g/mol. The molecule has 1 atom stereocenters. The van der Waals surface area contributed by atoms with Gasteiger partial charge in [-0.1, -0.05) is 11.3 Å². The summed E-state index contributed by atoms with van der Waals surface area (Å²) in [4.78, 5) is 19.2. The second kappa shape index (κ2) is 6.62. The van der Waals surface area contributed by atoms with Crippen LogP contribution in [0.25, 0.3) is 0 Å². The van der Waals surface area contributed by atoms with Crippen LogP contribution in [0.2, 0.25) is 0 Å². The normalized spacial score (nSPS) is 16.3. The second-order valence-electron chi connectivity index (χ2n) is 5.99. The van der Waals surface area contributed by atoms with Gasteiger partial charge in [-0.2, -0.15) is 0 Å². The number of carbonyl (C=O) groups is 1. The van der Waals surface area contributed by atoms with E-state index in [1.54, 1.807) is 0 Å². The number of aromatic nitrogens is 1. The van der Waals surface area contributed by atoms with Gasteiger partial charge >= 0.3 is 0 Å². The maximum Gasteiger partial charge on any atom is 0.265 e. The Morgan fingerprint density at radius 3 is 2.71 bits per heavy atom. The minimum atomic E-state index is -0.141. The molecule has 7 heteroatoms. The molecule has 0 bridgehead atoms. The molecule has 0 spiro atoms. The Labute approximate surface area is 130 Å². The number of nitrogens with zero attached hydrogens (tertiary/aromatic N) is 2. The second-order valence-corrected chi connectivity index (χ2v) is 6.99. The van der Waals surface area contributed by atoms with Crippen molar-refractivity contribution in [1.29, 1.82) is 0 Å². The monoisotopic (exact) mass is 311 g/mol. The predicted octanol–water partition coefficient (Wildman–Crippen LogP) is 1.76. The molecule has 1 fully saturated rings. The minimum Gasteiger partial charge on any atom is -0.382 e. The maximum atomic E-state index is 12.2. The first-order valence-electron chi connectivity index (χ1n) is 7.41. The molecule has 1 aliphatic carbocycles. The van der Waals surface area contributed by atoms with E-state index in [4.69, 9.17) is 5.73 Å². The van der Waals surface area contributed by atoms with Crippen molar-refractivity contribution in [1.82, 2.24) is 15.2 Å². The van der Waals surface area contributed by atoms with Crippen molar-refractivity contribution in [2.45, 2.75) is 51.7 Å². The van der Waals surface area contributed by atoms with Crippen LogP contribution < -0.4 is 16.4 Å². The third-order valence-electron chi connectivity index (χ3n) is 3.65. The number of anilines is 2. The van der Waals surface area contributed by atoms with Gasteiger partial charge < -0.3 is 16.4 Å². The minimum absolute atomic E-state index is 0.141. The standard InChI is InChI=1S/C14H25N5OS/c1-8(2)17-14-18-12(15)11(21-14)13(20)16-7-9(3)19(4)10-5-6-10/h8-10H,5-7,15H2,1-4H3,(H,16,20)(H,17,18). The Hall–Kier alpha value is -1.34. The number of likely N-dealkylation sites (N-methyl/N-ethyl adjacent to an activating group) is 1. The number of hydrogen-bond acceptors (Lipinski definition) is 6. The largest absolute Gasteiger partial charge is 0.382 e. The van der Waals surface area contributed by atoms with Crippen LogP contribution in [0.3, 0.4) is 0 Å². The van der Waals surface area contributed by atoms with E-state index in [9.17, 15) is 4.79 Å². The summed E-state index contributed by atoms with van der Waals surface area (Å²) in [7, 11) is 2.11. The molecule has 118 valence electrons. The summed E-state index contributed by atoms with van der Waals surface area (Å²) in [5, 5.41) is 6.81. The van der Waals surface area contributed by atoms with Gasteiger partial charge in [0.25, 0.3) is 5.91 Å². The van der Waals surface area contributed by atoms with Gasteiger partial charge in [0, 0.05) is 24.7 Å². The number of carbonyl (C=O) groups excluding carboxylic acids is 1. The molecule has 2 rings (SSSR count). The highest BCUT2D eigenvalue weighted by atomic mass is 32.1. The van der Waals surface area contributed by atoms with Crippen LogP contribution in [0.15, 0.2) is 0 Å². The molecule has 1 aromatic heterocycles. The zero-order valence-corrected chi connectivity index (χ0v) is 14.0. The van der Waals surface area contributed by atoms with Crippen LogP contribution in [0.1, 0.15) is 43.3 Å².